The van der Waals surface area contributed by atoms with Crippen molar-refractivity contribution in [2.75, 3.05) is 40.4 Å². The summed E-state index contributed by atoms with van der Waals surface area (Å²) < 4.78 is 12.9. The molecule has 34 heavy (non-hydrogen) atoms. The van der Waals surface area contributed by atoms with Gasteiger partial charge in [0.2, 0.25) is 0 Å². The van der Waals surface area contributed by atoms with E-state index in [1.54, 1.807) is 20.5 Å². The number of amides is 1. The quantitative estimate of drug-likeness (QED) is 0.439. The molecule has 3 aromatic carbocycles. The smallest absolute Gasteiger partial charge is 0.254 e. The molecule has 0 spiro atoms. The molecule has 174 valence electrons. The van der Waals surface area contributed by atoms with Crippen LogP contribution in [0, 0.1) is 0 Å². The van der Waals surface area contributed by atoms with Crippen LogP contribution >= 0.6 is 0 Å². The van der Waals surface area contributed by atoms with E-state index in [9.17, 15) is 4.79 Å². The predicted molar refractivity (Wildman–Crippen MR) is 132 cm³/mol. The molecule has 0 aliphatic carbocycles. The summed E-state index contributed by atoms with van der Waals surface area (Å²) in [5, 5.41) is 0. The SMILES string of the molecule is COc1ccc(OC)c(CN2CCN(C(=O)c3ccc4c(c3)ncn4-c3ccccc3)CC2)c1. The molecule has 1 amide bonds. The lowest BCUT2D eigenvalue weighted by atomic mass is 10.1. The van der Waals surface area contributed by atoms with Crippen molar-refractivity contribution < 1.29 is 14.3 Å². The second-order valence-corrected chi connectivity index (χ2v) is 8.40. The van der Waals surface area contributed by atoms with Crippen LogP contribution < -0.4 is 9.47 Å². The van der Waals surface area contributed by atoms with E-state index in [0.717, 1.165) is 53.4 Å². The number of nitrogens with zero attached hydrogens (tertiary/aromatic N) is 4. The number of fused-ring (bicyclic) bond motifs is 1. The Kier molecular flexibility index (Phi) is 6.18. The third kappa shape index (κ3) is 4.34. The highest BCUT2D eigenvalue weighted by Crippen LogP contribution is 2.26. The van der Waals surface area contributed by atoms with Gasteiger partial charge in [-0.3, -0.25) is 14.3 Å². The molecule has 0 bridgehead atoms. The number of hydrogen-bond acceptors (Lipinski definition) is 5. The van der Waals surface area contributed by atoms with Crippen LogP contribution in [0.15, 0.2) is 73.1 Å². The fourth-order valence-electron chi connectivity index (χ4n) is 4.48. The first-order valence-electron chi connectivity index (χ1n) is 11.4. The van der Waals surface area contributed by atoms with Crippen molar-refractivity contribution in [2.24, 2.45) is 0 Å². The van der Waals surface area contributed by atoms with Crippen molar-refractivity contribution in [1.29, 1.82) is 0 Å². The minimum absolute atomic E-state index is 0.0507. The van der Waals surface area contributed by atoms with Crippen LogP contribution in [-0.2, 0) is 6.54 Å². The predicted octanol–water partition coefficient (Wildman–Crippen LogP) is 4.00. The molecule has 1 aromatic heterocycles. The molecule has 0 radical (unpaired) electrons. The number of ether oxygens (including phenoxy) is 2. The van der Waals surface area contributed by atoms with Gasteiger partial charge >= 0.3 is 0 Å². The Balaban J connectivity index is 1.25. The van der Waals surface area contributed by atoms with Crippen LogP contribution in [0.3, 0.4) is 0 Å². The van der Waals surface area contributed by atoms with E-state index in [-0.39, 0.29) is 5.91 Å². The third-order valence-electron chi connectivity index (χ3n) is 6.37. The molecule has 1 saturated heterocycles. The molecule has 2 heterocycles. The molecule has 1 aliphatic heterocycles. The minimum Gasteiger partial charge on any atom is -0.497 e. The van der Waals surface area contributed by atoms with E-state index in [1.165, 1.54) is 0 Å². The third-order valence-corrected chi connectivity index (χ3v) is 6.37. The molecule has 7 nitrogen and oxygen atoms in total. The number of hydrogen-bond donors (Lipinski definition) is 0. The van der Waals surface area contributed by atoms with Gasteiger partial charge in [-0.1, -0.05) is 18.2 Å². The van der Waals surface area contributed by atoms with Gasteiger partial charge in [0.15, 0.2) is 0 Å². The number of carbonyl (C=O) groups is 1. The van der Waals surface area contributed by atoms with Crippen molar-refractivity contribution in [1.82, 2.24) is 19.4 Å². The van der Waals surface area contributed by atoms with Gasteiger partial charge in [0.05, 0.1) is 25.3 Å². The second-order valence-electron chi connectivity index (χ2n) is 8.40. The largest absolute Gasteiger partial charge is 0.497 e. The number of para-hydroxylation sites is 1. The first kappa shape index (κ1) is 22.0. The summed E-state index contributed by atoms with van der Waals surface area (Å²) in [5.41, 5.74) is 4.61. The Morgan fingerprint density at radius 2 is 1.71 bits per heavy atom. The van der Waals surface area contributed by atoms with E-state index in [0.29, 0.717) is 18.7 Å². The summed E-state index contributed by atoms with van der Waals surface area (Å²) in [6, 6.07) is 21.7. The zero-order valence-electron chi connectivity index (χ0n) is 19.5. The van der Waals surface area contributed by atoms with Gasteiger partial charge in [0, 0.05) is 49.5 Å². The van der Waals surface area contributed by atoms with Crippen molar-refractivity contribution in [2.45, 2.75) is 6.54 Å². The molecule has 0 atom stereocenters. The van der Waals surface area contributed by atoms with Gasteiger partial charge < -0.3 is 14.4 Å². The lowest BCUT2D eigenvalue weighted by Gasteiger charge is -2.35. The van der Waals surface area contributed by atoms with Crippen LogP contribution in [0.5, 0.6) is 11.5 Å². The number of methoxy groups -OCH3 is 2. The summed E-state index contributed by atoms with van der Waals surface area (Å²) in [6.45, 7) is 3.72. The van der Waals surface area contributed by atoms with Crippen molar-refractivity contribution in [3.63, 3.8) is 0 Å². The zero-order chi connectivity index (χ0) is 23.5. The number of carbonyl (C=O) groups excluding carboxylic acids is 1. The normalized spacial score (nSPS) is 14.4. The van der Waals surface area contributed by atoms with E-state index in [2.05, 4.69) is 9.88 Å². The Bertz CT molecular complexity index is 1290. The summed E-state index contributed by atoms with van der Waals surface area (Å²) in [4.78, 5) is 22.0. The van der Waals surface area contributed by atoms with E-state index >= 15 is 0 Å². The number of benzene rings is 3. The molecular formula is C27H28N4O3. The topological polar surface area (TPSA) is 59.8 Å². The van der Waals surface area contributed by atoms with Crippen LogP contribution in [0.1, 0.15) is 15.9 Å². The van der Waals surface area contributed by atoms with Crippen molar-refractivity contribution in [3.05, 3.63) is 84.2 Å². The Morgan fingerprint density at radius 1 is 0.912 bits per heavy atom. The summed E-state index contributed by atoms with van der Waals surface area (Å²) in [7, 11) is 3.35. The molecule has 4 aromatic rings. The zero-order valence-corrected chi connectivity index (χ0v) is 19.5. The van der Waals surface area contributed by atoms with Crippen LogP contribution in [0.25, 0.3) is 16.7 Å². The minimum atomic E-state index is 0.0507. The molecule has 0 N–H and O–H groups in total. The van der Waals surface area contributed by atoms with Gasteiger partial charge in [-0.05, 0) is 48.5 Å². The van der Waals surface area contributed by atoms with Gasteiger partial charge in [-0.2, -0.15) is 0 Å². The van der Waals surface area contributed by atoms with Crippen LogP contribution in [-0.4, -0.2) is 65.7 Å². The van der Waals surface area contributed by atoms with Gasteiger partial charge in [-0.25, -0.2) is 4.98 Å². The van der Waals surface area contributed by atoms with Crippen LogP contribution in [0.4, 0.5) is 0 Å². The Hall–Kier alpha value is -3.84. The van der Waals surface area contributed by atoms with Crippen molar-refractivity contribution in [3.8, 4) is 17.2 Å². The monoisotopic (exact) mass is 456 g/mol. The molecular weight excluding hydrogens is 428 g/mol. The fourth-order valence-corrected chi connectivity index (χ4v) is 4.48. The number of rotatable bonds is 6. The van der Waals surface area contributed by atoms with Gasteiger partial charge in [-0.15, -0.1) is 0 Å². The number of aromatic nitrogens is 2. The lowest BCUT2D eigenvalue weighted by Crippen LogP contribution is -2.48. The maximum atomic E-state index is 13.2. The van der Waals surface area contributed by atoms with Crippen LogP contribution in [0.2, 0.25) is 0 Å². The second kappa shape index (κ2) is 9.57. The van der Waals surface area contributed by atoms with E-state index in [1.807, 2.05) is 76.2 Å². The fraction of sp³-hybridized carbons (Fsp3) is 0.259. The number of imidazole rings is 1. The van der Waals surface area contributed by atoms with Crippen molar-refractivity contribution >= 4 is 16.9 Å². The Labute approximate surface area is 199 Å². The first-order valence-corrected chi connectivity index (χ1v) is 11.4. The molecule has 7 heteroatoms. The highest BCUT2D eigenvalue weighted by atomic mass is 16.5. The van der Waals surface area contributed by atoms with Gasteiger partial charge in [0.25, 0.3) is 5.91 Å². The average molecular weight is 457 g/mol. The number of piperazine rings is 1. The molecule has 1 aliphatic rings. The molecule has 1 fully saturated rings. The summed E-state index contributed by atoms with van der Waals surface area (Å²) in [6.07, 6.45) is 1.81. The molecule has 0 saturated carbocycles. The maximum absolute atomic E-state index is 13.2. The maximum Gasteiger partial charge on any atom is 0.254 e. The average Bonchev–Trinajstić information content (AvgIpc) is 3.32. The summed E-state index contributed by atoms with van der Waals surface area (Å²) >= 11 is 0. The highest BCUT2D eigenvalue weighted by Gasteiger charge is 2.23. The van der Waals surface area contributed by atoms with E-state index in [4.69, 9.17) is 9.47 Å². The first-order chi connectivity index (χ1) is 16.7. The molecule has 5 rings (SSSR count). The molecule has 0 unspecified atom stereocenters. The summed E-state index contributed by atoms with van der Waals surface area (Å²) in [5.74, 6) is 1.71. The standard InChI is InChI=1S/C27H28N4O3/c1-33-23-9-11-26(34-2)21(16-23)18-29-12-14-30(15-13-29)27(32)20-8-10-25-24(17-20)28-19-31(25)22-6-4-3-5-7-22/h3-11,16-17,19H,12-15,18H2,1-2H3. The Morgan fingerprint density at radius 3 is 2.44 bits per heavy atom. The van der Waals surface area contributed by atoms with Gasteiger partial charge in [0.1, 0.15) is 17.8 Å². The highest BCUT2D eigenvalue weighted by molar-refractivity contribution is 5.97. The lowest BCUT2D eigenvalue weighted by molar-refractivity contribution is 0.0627. The van der Waals surface area contributed by atoms with E-state index < -0.39 is 0 Å².